The quantitative estimate of drug-likeness (QED) is 0.00854. The number of ether oxygens (including phenoxy) is 7. The first-order chi connectivity index (χ1) is 54.6. The van der Waals surface area contributed by atoms with Crippen LogP contribution in [0.1, 0.15) is 165 Å². The highest BCUT2D eigenvalue weighted by Gasteiger charge is 2.53. The number of nitrogens with two attached hydrogens (primary N) is 2. The van der Waals surface area contributed by atoms with Gasteiger partial charge in [0.25, 0.3) is 11.7 Å². The molecule has 116 heavy (non-hydrogen) atoms. The summed E-state index contributed by atoms with van der Waals surface area (Å²) in [5, 5.41) is 72.5. The van der Waals surface area contributed by atoms with Gasteiger partial charge in [-0.3, -0.25) is 62.5 Å². The summed E-state index contributed by atoms with van der Waals surface area (Å²) in [6.07, 6.45) is 2.58. The molecule has 3 fully saturated rings. The summed E-state index contributed by atoms with van der Waals surface area (Å²) in [6, 6.07) is -10.8. The van der Waals surface area contributed by atoms with Gasteiger partial charge in [0.05, 0.1) is 43.7 Å². The molecular weight excluding hydrogens is 1560 g/mol. The van der Waals surface area contributed by atoms with Crippen LogP contribution in [0, 0.1) is 35.5 Å². The Labute approximate surface area is 681 Å². The zero-order chi connectivity index (χ0) is 86.8. The van der Waals surface area contributed by atoms with Crippen molar-refractivity contribution < 1.29 is 136 Å². The predicted molar refractivity (Wildman–Crippen MR) is 420 cm³/mol. The van der Waals surface area contributed by atoms with E-state index in [0.29, 0.717) is 51.4 Å². The van der Waals surface area contributed by atoms with E-state index in [9.17, 15) is 103 Å². The number of amides is 6. The van der Waals surface area contributed by atoms with Gasteiger partial charge in [0, 0.05) is 83.4 Å². The van der Waals surface area contributed by atoms with Gasteiger partial charge in [0.1, 0.15) is 54.7 Å². The van der Waals surface area contributed by atoms with Gasteiger partial charge in [0.2, 0.25) is 35.3 Å². The minimum absolute atomic E-state index is 0.0305. The van der Waals surface area contributed by atoms with Crippen LogP contribution in [-0.2, 0) is 100 Å². The summed E-state index contributed by atoms with van der Waals surface area (Å²) in [5.74, 6) is -23.8. The van der Waals surface area contributed by atoms with E-state index in [1.54, 1.807) is 39.0 Å². The number of hydrogen-bond acceptors (Lipinski definition) is 27. The number of aliphatic imine (C=N–C) groups is 1. The molecule has 0 aromatic carbocycles. The molecule has 0 spiro atoms. The minimum Gasteiger partial charge on any atom is -0.481 e. The molecule has 39 heteroatoms. The van der Waals surface area contributed by atoms with E-state index in [1.165, 1.54) is 34.3 Å². The number of nitrogens with one attached hydrogen (secondary N) is 5. The van der Waals surface area contributed by atoms with Crippen molar-refractivity contribution in [3.05, 3.63) is 47.6 Å². The van der Waals surface area contributed by atoms with Crippen molar-refractivity contribution >= 4 is 116 Å². The van der Waals surface area contributed by atoms with Gasteiger partial charge in [-0.25, -0.2) is 14.4 Å². The number of carbonyl (C=O) groups excluding carboxylic acids is 11. The molecule has 37 nitrogen and oxygen atoms in total. The molecular formula is C77H117N9O28S2. The van der Waals surface area contributed by atoms with Crippen molar-refractivity contribution in [1.82, 2.24) is 31.5 Å². The number of Topliss-reactive ketones (excluding diaryl/α,β-unsaturated/α-hetero) is 3. The van der Waals surface area contributed by atoms with Crippen LogP contribution in [0.25, 0.3) is 0 Å². The van der Waals surface area contributed by atoms with Gasteiger partial charge in [-0.05, 0) is 120 Å². The fourth-order valence-electron chi connectivity index (χ4n) is 14.2. The van der Waals surface area contributed by atoms with Crippen molar-refractivity contribution in [2.24, 2.45) is 52.0 Å². The first-order valence-electron chi connectivity index (χ1n) is 38.6. The van der Waals surface area contributed by atoms with E-state index < -0.39 is 229 Å². The Bertz CT molecular complexity index is 3580. The molecule has 2 saturated heterocycles. The lowest BCUT2D eigenvalue weighted by Crippen LogP contribution is -2.61. The second kappa shape index (κ2) is 49.4. The molecule has 0 aromatic heterocycles. The molecule has 3 heterocycles. The highest BCUT2D eigenvalue weighted by atomic mass is 33.1. The van der Waals surface area contributed by atoms with Gasteiger partial charge >= 0.3 is 36.0 Å². The summed E-state index contributed by atoms with van der Waals surface area (Å²) in [6.45, 7) is 12.3. The van der Waals surface area contributed by atoms with Crippen molar-refractivity contribution in [2.45, 2.75) is 249 Å². The number of ketones is 3. The van der Waals surface area contributed by atoms with Crippen LogP contribution >= 0.6 is 21.6 Å². The molecule has 15 N–H and O–H groups in total. The summed E-state index contributed by atoms with van der Waals surface area (Å²) < 4.78 is 41.2. The average Bonchev–Trinajstić information content (AvgIpc) is 0.771. The fraction of sp³-hybridized carbons (Fsp3) is 0.688. The molecule has 20 atom stereocenters. The number of aliphatic hydroxyl groups is 2. The maximum absolute atomic E-state index is 14.8. The van der Waals surface area contributed by atoms with E-state index in [-0.39, 0.29) is 80.7 Å². The zero-order valence-corrected chi connectivity index (χ0v) is 69.2. The van der Waals surface area contributed by atoms with Gasteiger partial charge in [-0.2, -0.15) is 0 Å². The number of allylic oxidation sites excluding steroid dienone is 6. The Balaban J connectivity index is 1.60. The number of methoxy groups -OCH3 is 3. The normalized spacial score (nSPS) is 27.9. The van der Waals surface area contributed by atoms with Crippen molar-refractivity contribution in [1.29, 1.82) is 0 Å². The number of hydrogen-bond donors (Lipinski definition) is 13. The van der Waals surface area contributed by atoms with Gasteiger partial charge < -0.3 is 107 Å². The molecule has 4 aliphatic rings. The monoisotopic (exact) mass is 1680 g/mol. The number of rotatable bonds is 33. The molecule has 0 aromatic rings. The molecule has 650 valence electrons. The Morgan fingerprint density at radius 2 is 1.31 bits per heavy atom. The van der Waals surface area contributed by atoms with E-state index in [2.05, 4.69) is 26.3 Å². The smallest absolute Gasteiger partial charge is 0.481 e. The third kappa shape index (κ3) is 32.6. The number of carboxylic acids is 4. The molecule has 0 radical (unpaired) electrons. The van der Waals surface area contributed by atoms with E-state index in [4.69, 9.17) is 44.6 Å². The third-order valence-electron chi connectivity index (χ3n) is 20.7. The number of aliphatic carboxylic acids is 4. The van der Waals surface area contributed by atoms with Crippen molar-refractivity contribution in [3.63, 3.8) is 0 Å². The number of nitrogens with zero attached hydrogens (tertiary/aromatic N) is 2. The van der Waals surface area contributed by atoms with Gasteiger partial charge in [-0.1, -0.05) is 92.7 Å². The van der Waals surface area contributed by atoms with E-state index in [0.717, 1.165) is 39.0 Å². The molecule has 4 rings (SSSR count). The molecule has 0 unspecified atom stereocenters. The van der Waals surface area contributed by atoms with Crippen LogP contribution in [0.4, 0.5) is 4.79 Å². The molecule has 1 saturated carbocycles. The first-order valence-corrected chi connectivity index (χ1v) is 41.1. The number of carbonyl (C=O) groups is 15. The summed E-state index contributed by atoms with van der Waals surface area (Å²) in [7, 11) is 6.00. The molecule has 3 aliphatic heterocycles. The molecule has 1 aliphatic carbocycles. The minimum atomic E-state index is -2.55. The van der Waals surface area contributed by atoms with Crippen LogP contribution in [0.15, 0.2) is 52.6 Å². The SMILES string of the molecule is CO[C@H]1C[C@@H]2CC[C@@H](C)[C@@](O)(O2)C(=O)C(=O)N2CCCC[C@H]2C(=O)O[C@H]([C@H](C)C[C@@H]2CC[C@@H](O)[C@H](OC)C2)CC(=O)[C@H](C)/C=C(\C)[C@@H](OC(=O)OCCSSC[C@H](NC(=O)[C@H](CC(=O)O)NC(=O)[C@H](CC(=O)O)NC(=O)[C@H](CCCN=C(N)N)NC(=O)[C@H](CC(=O)O)NC(C)=O)C(=O)O)[C@@H](OC)C(=O)[C@H](C)C[C@H](C)/C=C/C=CC=C1C. The van der Waals surface area contributed by atoms with E-state index >= 15 is 0 Å². The van der Waals surface area contributed by atoms with Crippen LogP contribution in [0.3, 0.4) is 0 Å². The summed E-state index contributed by atoms with van der Waals surface area (Å²) in [4.78, 5) is 207. The molecule has 6 amide bonds. The predicted octanol–water partition coefficient (Wildman–Crippen LogP) is 2.73. The number of carboxylic acid groups (broad SMARTS) is 4. The lowest BCUT2D eigenvalue weighted by molar-refractivity contribution is -0.265. The largest absolute Gasteiger partial charge is 0.509 e. The summed E-state index contributed by atoms with van der Waals surface area (Å²) in [5.41, 5.74) is 11.7. The Kier molecular flexibility index (Phi) is 42.4. The van der Waals surface area contributed by atoms with E-state index in [1.807, 2.05) is 38.2 Å². The highest BCUT2D eigenvalue weighted by molar-refractivity contribution is 8.76. The third-order valence-corrected chi connectivity index (χ3v) is 23.0. The van der Waals surface area contributed by atoms with Crippen molar-refractivity contribution in [3.8, 4) is 0 Å². The fourth-order valence-corrected chi connectivity index (χ4v) is 16.1. The van der Waals surface area contributed by atoms with Crippen LogP contribution in [0.5, 0.6) is 0 Å². The maximum atomic E-state index is 14.8. The van der Waals surface area contributed by atoms with Crippen LogP contribution < -0.4 is 38.1 Å². The number of piperidine rings is 1. The van der Waals surface area contributed by atoms with Crippen molar-refractivity contribution in [2.75, 3.05) is 52.5 Å². The Hall–Kier alpha value is -8.86. The van der Waals surface area contributed by atoms with Crippen LogP contribution in [-0.4, -0.2) is 268 Å². The number of cyclic esters (lactones) is 1. The highest BCUT2D eigenvalue weighted by Crippen LogP contribution is 2.38. The summed E-state index contributed by atoms with van der Waals surface area (Å²) >= 11 is 0. The Morgan fingerprint density at radius 1 is 0.707 bits per heavy atom. The number of fused-ring (bicyclic) bond motifs is 3. The van der Waals surface area contributed by atoms with Gasteiger partial charge in [0.15, 0.2) is 24.0 Å². The number of esters is 1. The average molecular weight is 1680 g/mol. The van der Waals surface area contributed by atoms with Crippen LogP contribution in [0.2, 0.25) is 0 Å². The topological polar surface area (TPSA) is 570 Å². The Morgan fingerprint density at radius 3 is 1.89 bits per heavy atom. The first kappa shape index (κ1) is 99.5. The van der Waals surface area contributed by atoms with Gasteiger partial charge in [-0.15, -0.1) is 0 Å². The number of guanidine groups is 1. The lowest BCUT2D eigenvalue weighted by atomic mass is 9.78. The zero-order valence-electron chi connectivity index (χ0n) is 67.5. The lowest BCUT2D eigenvalue weighted by Gasteiger charge is -2.42. The second-order valence-corrected chi connectivity index (χ2v) is 32.6. The standard InChI is InChI=1S/C77H117N9O28S2/c1-40-18-13-12-14-19-41(2)58(108-9)34-49-24-22-46(7)77(107,114-49)67(97)72(102)86-27-16-15-21-55(86)74(105)112-59(43(4)32-48-23-25-56(88)60(33-48)109-10)38-57(89)42(3)31-45(6)65(66(110-11)64(96)44(5)30-40)113-76(106)111-28-29-115-116-39-54(73(103)104)85-71(101)53(37-63(94)95)84-70(100)52(36-62(92)93)83-68(98)50(20-17-26-80-75(78)79)82-69(99)51(35-61(90)91)81-47(8)87/h12-14,18-19,31,40,42-44,46,48-56,58-60,65-66,88,107H,15-17,20-30,32-39H2,1-11H3,(H,81,87)(H,82,99)(H,83,98)(H,84,100)(H,85,101)(H,90,91)(H,92,93)(H,94,95)(H,103,104)(H4,78,79,80)/b14-12?,18-13+,41-19?,45-31+/t40-,42-,43-,44-,46-,48+,49+,50+,51+,52+,53+,54+,55+,56-,58+,59+,60-,65-,66+,77-/m1/s1. The number of aliphatic hydroxyl groups excluding tert-OH is 1. The second-order valence-electron chi connectivity index (χ2n) is 30.0. The maximum Gasteiger partial charge on any atom is 0.509 e. The molecule has 2 bridgehead atoms.